The third-order valence-electron chi connectivity index (χ3n) is 4.62. The highest BCUT2D eigenvalue weighted by Crippen LogP contribution is 2.30. The molecule has 130 valence electrons. The van der Waals surface area contributed by atoms with Gasteiger partial charge in [-0.1, -0.05) is 17.7 Å². The topological polar surface area (TPSA) is 48.3 Å². The molecule has 1 fully saturated rings. The third kappa shape index (κ3) is 3.91. The minimum atomic E-state index is 0.203. The Hall–Kier alpha value is -1.56. The summed E-state index contributed by atoms with van der Waals surface area (Å²) < 4.78 is 12.8. The van der Waals surface area contributed by atoms with Crippen LogP contribution >= 0.6 is 11.6 Å². The van der Waals surface area contributed by atoms with Crippen LogP contribution in [0.2, 0.25) is 5.02 Å². The van der Waals surface area contributed by atoms with Gasteiger partial charge in [-0.05, 0) is 36.5 Å². The fourth-order valence-electron chi connectivity index (χ4n) is 3.24. The van der Waals surface area contributed by atoms with Crippen molar-refractivity contribution in [1.29, 1.82) is 0 Å². The first-order valence-corrected chi connectivity index (χ1v) is 8.67. The Morgan fingerprint density at radius 1 is 1.42 bits per heavy atom. The first-order chi connectivity index (χ1) is 11.7. The smallest absolute Gasteiger partial charge is 0.137 e. The second-order valence-electron chi connectivity index (χ2n) is 6.17. The molecule has 0 amide bonds. The SMILES string of the molecule is COc1ccc(CNC(c2nccn2C)C2CCOCC2)cc1Cl. The van der Waals surface area contributed by atoms with Crippen molar-refractivity contribution in [3.63, 3.8) is 0 Å². The summed E-state index contributed by atoms with van der Waals surface area (Å²) in [7, 11) is 3.67. The summed E-state index contributed by atoms with van der Waals surface area (Å²) in [6.07, 6.45) is 5.95. The molecule has 3 rings (SSSR count). The number of benzene rings is 1. The van der Waals surface area contributed by atoms with E-state index in [-0.39, 0.29) is 6.04 Å². The van der Waals surface area contributed by atoms with E-state index >= 15 is 0 Å². The van der Waals surface area contributed by atoms with E-state index < -0.39 is 0 Å². The molecule has 1 saturated heterocycles. The Morgan fingerprint density at radius 3 is 2.83 bits per heavy atom. The van der Waals surface area contributed by atoms with Gasteiger partial charge in [-0.2, -0.15) is 0 Å². The van der Waals surface area contributed by atoms with Gasteiger partial charge in [0, 0.05) is 39.2 Å². The highest BCUT2D eigenvalue weighted by Gasteiger charge is 2.27. The van der Waals surface area contributed by atoms with Gasteiger partial charge in [0.2, 0.25) is 0 Å². The second kappa shape index (κ2) is 8.01. The monoisotopic (exact) mass is 349 g/mol. The maximum atomic E-state index is 6.23. The molecule has 1 unspecified atom stereocenters. The number of rotatable bonds is 6. The molecule has 1 N–H and O–H groups in total. The van der Waals surface area contributed by atoms with E-state index in [2.05, 4.69) is 14.9 Å². The number of imidazole rings is 1. The van der Waals surface area contributed by atoms with Crippen LogP contribution < -0.4 is 10.1 Å². The van der Waals surface area contributed by atoms with Crippen molar-refractivity contribution in [2.75, 3.05) is 20.3 Å². The maximum Gasteiger partial charge on any atom is 0.137 e. The minimum absolute atomic E-state index is 0.203. The molecule has 6 heteroatoms. The van der Waals surface area contributed by atoms with Crippen LogP contribution in [0.5, 0.6) is 5.75 Å². The van der Waals surface area contributed by atoms with Crippen LogP contribution in [0.25, 0.3) is 0 Å². The van der Waals surface area contributed by atoms with Gasteiger partial charge in [0.05, 0.1) is 18.2 Å². The Morgan fingerprint density at radius 2 is 2.21 bits per heavy atom. The zero-order valence-electron chi connectivity index (χ0n) is 14.2. The lowest BCUT2D eigenvalue weighted by molar-refractivity contribution is 0.0518. The lowest BCUT2D eigenvalue weighted by Crippen LogP contribution is -2.33. The van der Waals surface area contributed by atoms with E-state index in [1.165, 1.54) is 0 Å². The number of nitrogens with zero attached hydrogens (tertiary/aromatic N) is 2. The van der Waals surface area contributed by atoms with Gasteiger partial charge in [-0.25, -0.2) is 4.98 Å². The van der Waals surface area contributed by atoms with Crippen molar-refractivity contribution >= 4 is 11.6 Å². The zero-order valence-corrected chi connectivity index (χ0v) is 14.9. The normalized spacial score (nSPS) is 17.0. The lowest BCUT2D eigenvalue weighted by atomic mass is 9.91. The summed E-state index contributed by atoms with van der Waals surface area (Å²) in [5, 5.41) is 4.31. The minimum Gasteiger partial charge on any atom is -0.495 e. The molecule has 0 bridgehead atoms. The van der Waals surface area contributed by atoms with Crippen LogP contribution in [0.3, 0.4) is 0 Å². The Balaban J connectivity index is 1.74. The molecule has 1 atom stereocenters. The molecule has 0 radical (unpaired) electrons. The average Bonchev–Trinajstić information content (AvgIpc) is 3.02. The molecule has 0 spiro atoms. The van der Waals surface area contributed by atoms with Crippen molar-refractivity contribution in [3.05, 3.63) is 47.0 Å². The summed E-state index contributed by atoms with van der Waals surface area (Å²) >= 11 is 6.23. The Labute approximate surface area is 147 Å². The van der Waals surface area contributed by atoms with Crippen LogP contribution in [-0.2, 0) is 18.3 Å². The predicted molar refractivity (Wildman–Crippen MR) is 94.3 cm³/mol. The second-order valence-corrected chi connectivity index (χ2v) is 6.58. The highest BCUT2D eigenvalue weighted by atomic mass is 35.5. The van der Waals surface area contributed by atoms with Crippen molar-refractivity contribution in [2.24, 2.45) is 13.0 Å². The van der Waals surface area contributed by atoms with Crippen LogP contribution in [0.1, 0.15) is 30.3 Å². The standard InChI is InChI=1S/C18H24ClN3O2/c1-22-8-7-20-18(22)17(14-5-9-24-10-6-14)21-12-13-3-4-16(23-2)15(19)11-13/h3-4,7-8,11,14,17,21H,5-6,9-10,12H2,1-2H3. The van der Waals surface area contributed by atoms with Crippen LogP contribution in [0.15, 0.2) is 30.6 Å². The summed E-state index contributed by atoms with van der Waals surface area (Å²) in [6.45, 7) is 2.38. The number of hydrogen-bond donors (Lipinski definition) is 1. The summed E-state index contributed by atoms with van der Waals surface area (Å²) in [5.74, 6) is 2.29. The van der Waals surface area contributed by atoms with Crippen molar-refractivity contribution in [3.8, 4) is 5.75 Å². The fourth-order valence-corrected chi connectivity index (χ4v) is 3.52. The zero-order chi connectivity index (χ0) is 16.9. The molecule has 0 aliphatic carbocycles. The van der Waals surface area contributed by atoms with Gasteiger partial charge in [0.25, 0.3) is 0 Å². The molecule has 1 aliphatic heterocycles. The fraction of sp³-hybridized carbons (Fsp3) is 0.500. The molecule has 1 aromatic carbocycles. The van der Waals surface area contributed by atoms with E-state index in [9.17, 15) is 0 Å². The quantitative estimate of drug-likeness (QED) is 0.869. The Bertz CT molecular complexity index is 668. The van der Waals surface area contributed by atoms with E-state index in [1.54, 1.807) is 7.11 Å². The number of methoxy groups -OCH3 is 1. The first-order valence-electron chi connectivity index (χ1n) is 8.30. The molecular formula is C18H24ClN3O2. The van der Waals surface area contributed by atoms with E-state index in [1.807, 2.05) is 37.6 Å². The maximum absolute atomic E-state index is 6.23. The number of nitrogens with one attached hydrogen (secondary N) is 1. The van der Waals surface area contributed by atoms with Gasteiger partial charge in [0.15, 0.2) is 0 Å². The number of aromatic nitrogens is 2. The number of halogens is 1. The van der Waals surface area contributed by atoms with Crippen molar-refractivity contribution < 1.29 is 9.47 Å². The highest BCUT2D eigenvalue weighted by molar-refractivity contribution is 6.32. The Kier molecular flexibility index (Phi) is 5.76. The number of aryl methyl sites for hydroxylation is 1. The molecule has 1 aliphatic rings. The van der Waals surface area contributed by atoms with Crippen LogP contribution in [0, 0.1) is 5.92 Å². The van der Waals surface area contributed by atoms with Gasteiger partial charge < -0.3 is 19.4 Å². The summed E-state index contributed by atoms with van der Waals surface area (Å²) in [6, 6.07) is 6.10. The molecule has 2 heterocycles. The molecule has 0 saturated carbocycles. The number of ether oxygens (including phenoxy) is 2. The van der Waals surface area contributed by atoms with E-state index in [4.69, 9.17) is 21.1 Å². The van der Waals surface area contributed by atoms with Crippen molar-refractivity contribution in [2.45, 2.75) is 25.4 Å². The van der Waals surface area contributed by atoms with Gasteiger partial charge in [0.1, 0.15) is 11.6 Å². The van der Waals surface area contributed by atoms with Crippen LogP contribution in [0.4, 0.5) is 0 Å². The molecule has 1 aromatic heterocycles. The van der Waals surface area contributed by atoms with Crippen molar-refractivity contribution in [1.82, 2.24) is 14.9 Å². The van der Waals surface area contributed by atoms with Crippen LogP contribution in [-0.4, -0.2) is 29.9 Å². The summed E-state index contributed by atoms with van der Waals surface area (Å²) in [5.41, 5.74) is 1.13. The largest absolute Gasteiger partial charge is 0.495 e. The lowest BCUT2D eigenvalue weighted by Gasteiger charge is -2.30. The predicted octanol–water partition coefficient (Wildman–Crippen LogP) is 3.34. The van der Waals surface area contributed by atoms with E-state index in [0.717, 1.165) is 44.0 Å². The molecule has 5 nitrogen and oxygen atoms in total. The molecular weight excluding hydrogens is 326 g/mol. The number of hydrogen-bond acceptors (Lipinski definition) is 4. The molecule has 24 heavy (non-hydrogen) atoms. The first kappa shape index (κ1) is 17.3. The van der Waals surface area contributed by atoms with Gasteiger partial charge in [-0.15, -0.1) is 0 Å². The van der Waals surface area contributed by atoms with E-state index in [0.29, 0.717) is 16.7 Å². The van der Waals surface area contributed by atoms with Gasteiger partial charge in [-0.3, -0.25) is 0 Å². The summed E-state index contributed by atoms with van der Waals surface area (Å²) in [4.78, 5) is 4.56. The van der Waals surface area contributed by atoms with Gasteiger partial charge >= 0.3 is 0 Å². The third-order valence-corrected chi connectivity index (χ3v) is 4.91. The average molecular weight is 350 g/mol. The molecule has 2 aromatic rings.